The van der Waals surface area contributed by atoms with E-state index in [1.165, 1.54) is 6.07 Å². The van der Waals surface area contributed by atoms with E-state index in [1.807, 2.05) is 31.2 Å². The summed E-state index contributed by atoms with van der Waals surface area (Å²) in [5.74, 6) is -0.266. The maximum atomic E-state index is 13.5. The summed E-state index contributed by atoms with van der Waals surface area (Å²) in [5.41, 5.74) is 2.71. The molecule has 122 valence electrons. The molecule has 3 aromatic rings. The standard InChI is InChI=1S/C18H15FN2O2S/c1-12-6-8-13(9-7-12)15-10-18(23-21-15)20-17(22)11-24-16-5-3-2-4-14(16)19/h2-10H,11H2,1H3,(H,20,22). The maximum absolute atomic E-state index is 13.5. The van der Waals surface area contributed by atoms with Crippen molar-refractivity contribution in [3.05, 3.63) is 66.0 Å². The number of aryl methyl sites for hydroxylation is 1. The largest absolute Gasteiger partial charge is 0.338 e. The molecule has 1 amide bonds. The lowest BCUT2D eigenvalue weighted by molar-refractivity contribution is -0.113. The zero-order valence-corrected chi connectivity index (χ0v) is 13.8. The smallest absolute Gasteiger partial charge is 0.237 e. The van der Waals surface area contributed by atoms with Gasteiger partial charge in [-0.05, 0) is 19.1 Å². The quantitative estimate of drug-likeness (QED) is 0.693. The van der Waals surface area contributed by atoms with Crippen LogP contribution in [0.5, 0.6) is 0 Å². The Hall–Kier alpha value is -2.60. The minimum absolute atomic E-state index is 0.0848. The molecule has 1 aromatic heterocycles. The van der Waals surface area contributed by atoms with Gasteiger partial charge in [0.15, 0.2) is 0 Å². The molecule has 1 heterocycles. The third-order valence-electron chi connectivity index (χ3n) is 3.32. The van der Waals surface area contributed by atoms with E-state index < -0.39 is 0 Å². The predicted octanol–water partition coefficient (Wildman–Crippen LogP) is 4.52. The van der Waals surface area contributed by atoms with Gasteiger partial charge in [-0.2, -0.15) is 0 Å². The van der Waals surface area contributed by atoms with Crippen molar-refractivity contribution in [2.75, 3.05) is 11.1 Å². The van der Waals surface area contributed by atoms with Crippen molar-refractivity contribution >= 4 is 23.6 Å². The lowest BCUT2D eigenvalue weighted by atomic mass is 10.1. The van der Waals surface area contributed by atoms with Crippen LogP contribution in [0.15, 0.2) is 64.0 Å². The molecule has 0 fully saturated rings. The maximum Gasteiger partial charge on any atom is 0.237 e. The number of benzene rings is 2. The number of rotatable bonds is 5. The monoisotopic (exact) mass is 342 g/mol. The molecule has 0 bridgehead atoms. The number of carbonyl (C=O) groups is 1. The molecule has 0 radical (unpaired) electrons. The average Bonchev–Trinajstić information content (AvgIpc) is 3.03. The van der Waals surface area contributed by atoms with Crippen LogP contribution < -0.4 is 5.32 Å². The van der Waals surface area contributed by atoms with Crippen molar-refractivity contribution in [3.8, 4) is 11.3 Å². The molecule has 24 heavy (non-hydrogen) atoms. The van der Waals surface area contributed by atoms with Crippen LogP contribution in [0.4, 0.5) is 10.3 Å². The van der Waals surface area contributed by atoms with Crippen LogP contribution in [0.3, 0.4) is 0 Å². The summed E-state index contributed by atoms with van der Waals surface area (Å²) in [7, 11) is 0. The van der Waals surface area contributed by atoms with Gasteiger partial charge >= 0.3 is 0 Å². The third-order valence-corrected chi connectivity index (χ3v) is 4.36. The fourth-order valence-electron chi connectivity index (χ4n) is 2.07. The summed E-state index contributed by atoms with van der Waals surface area (Å²) in [4.78, 5) is 12.4. The molecule has 0 saturated heterocycles. The molecule has 0 aliphatic heterocycles. The highest BCUT2D eigenvalue weighted by Crippen LogP contribution is 2.24. The van der Waals surface area contributed by atoms with Gasteiger partial charge in [0, 0.05) is 16.5 Å². The molecule has 0 aliphatic rings. The first kappa shape index (κ1) is 16.3. The van der Waals surface area contributed by atoms with E-state index in [2.05, 4.69) is 10.5 Å². The van der Waals surface area contributed by atoms with Gasteiger partial charge in [-0.25, -0.2) is 4.39 Å². The highest BCUT2D eigenvalue weighted by atomic mass is 32.2. The lowest BCUT2D eigenvalue weighted by Gasteiger charge is -2.02. The fourth-order valence-corrected chi connectivity index (χ4v) is 2.81. The molecule has 2 aromatic carbocycles. The Bertz CT molecular complexity index is 846. The molecular formula is C18H15FN2O2S. The first-order valence-corrected chi connectivity index (χ1v) is 8.31. The highest BCUT2D eigenvalue weighted by molar-refractivity contribution is 8.00. The van der Waals surface area contributed by atoms with E-state index in [1.54, 1.807) is 24.3 Å². The van der Waals surface area contributed by atoms with Crippen molar-refractivity contribution in [2.24, 2.45) is 0 Å². The van der Waals surface area contributed by atoms with Crippen LogP contribution in [0, 0.1) is 12.7 Å². The Morgan fingerprint density at radius 1 is 1.21 bits per heavy atom. The minimum Gasteiger partial charge on any atom is -0.338 e. The average molecular weight is 342 g/mol. The van der Waals surface area contributed by atoms with Crippen LogP contribution in [-0.4, -0.2) is 16.8 Å². The van der Waals surface area contributed by atoms with Crippen molar-refractivity contribution in [3.63, 3.8) is 0 Å². The number of thioether (sulfide) groups is 1. The van der Waals surface area contributed by atoms with Crippen LogP contribution in [0.25, 0.3) is 11.3 Å². The molecule has 6 heteroatoms. The van der Waals surface area contributed by atoms with Gasteiger partial charge in [0.05, 0.1) is 5.75 Å². The highest BCUT2D eigenvalue weighted by Gasteiger charge is 2.11. The third kappa shape index (κ3) is 4.02. The summed E-state index contributed by atoms with van der Waals surface area (Å²) in [5, 5.41) is 6.57. The number of nitrogens with one attached hydrogen (secondary N) is 1. The Balaban J connectivity index is 1.59. The van der Waals surface area contributed by atoms with E-state index in [-0.39, 0.29) is 23.4 Å². The van der Waals surface area contributed by atoms with Crippen LogP contribution in [-0.2, 0) is 4.79 Å². The summed E-state index contributed by atoms with van der Waals surface area (Å²) < 4.78 is 18.6. The normalized spacial score (nSPS) is 10.6. The molecular weight excluding hydrogens is 327 g/mol. The first-order chi connectivity index (χ1) is 11.6. The van der Waals surface area contributed by atoms with Gasteiger partial charge in [-0.3, -0.25) is 10.1 Å². The van der Waals surface area contributed by atoms with E-state index in [0.717, 1.165) is 22.9 Å². The van der Waals surface area contributed by atoms with Crippen molar-refractivity contribution in [2.45, 2.75) is 11.8 Å². The number of nitrogens with zero attached hydrogens (tertiary/aromatic N) is 1. The van der Waals surface area contributed by atoms with Gasteiger partial charge < -0.3 is 4.52 Å². The number of halogens is 1. The molecule has 0 unspecified atom stereocenters. The van der Waals surface area contributed by atoms with E-state index in [0.29, 0.717) is 10.6 Å². The molecule has 0 atom stereocenters. The van der Waals surface area contributed by atoms with Crippen LogP contribution in [0.1, 0.15) is 5.56 Å². The second-order valence-corrected chi connectivity index (χ2v) is 6.23. The lowest BCUT2D eigenvalue weighted by Crippen LogP contribution is -2.13. The molecule has 0 aliphatic carbocycles. The van der Waals surface area contributed by atoms with Crippen molar-refractivity contribution < 1.29 is 13.7 Å². The number of amides is 1. The zero-order valence-electron chi connectivity index (χ0n) is 13.0. The Kier molecular flexibility index (Phi) is 4.96. The zero-order chi connectivity index (χ0) is 16.9. The number of aromatic nitrogens is 1. The molecule has 0 saturated carbocycles. The molecule has 3 rings (SSSR count). The molecule has 4 nitrogen and oxygen atoms in total. The Morgan fingerprint density at radius 2 is 1.96 bits per heavy atom. The van der Waals surface area contributed by atoms with Gasteiger partial charge in [-0.1, -0.05) is 47.1 Å². The summed E-state index contributed by atoms with van der Waals surface area (Å²) >= 11 is 1.13. The topological polar surface area (TPSA) is 55.1 Å². The second-order valence-electron chi connectivity index (χ2n) is 5.21. The molecule has 0 spiro atoms. The van der Waals surface area contributed by atoms with Crippen molar-refractivity contribution in [1.29, 1.82) is 0 Å². The van der Waals surface area contributed by atoms with Crippen LogP contribution in [0.2, 0.25) is 0 Å². The fraction of sp³-hybridized carbons (Fsp3) is 0.111. The number of hydrogen-bond donors (Lipinski definition) is 1. The Labute approximate surface area is 143 Å². The van der Waals surface area contributed by atoms with E-state index in [9.17, 15) is 9.18 Å². The number of hydrogen-bond acceptors (Lipinski definition) is 4. The van der Waals surface area contributed by atoms with Gasteiger partial charge in [0.25, 0.3) is 0 Å². The number of carbonyl (C=O) groups excluding carboxylic acids is 1. The van der Waals surface area contributed by atoms with Gasteiger partial charge in [0.1, 0.15) is 11.5 Å². The van der Waals surface area contributed by atoms with E-state index in [4.69, 9.17) is 4.52 Å². The number of anilines is 1. The summed E-state index contributed by atoms with van der Waals surface area (Å²) in [6, 6.07) is 15.8. The van der Waals surface area contributed by atoms with Gasteiger partial charge in [0.2, 0.25) is 11.8 Å². The minimum atomic E-state index is -0.336. The van der Waals surface area contributed by atoms with Gasteiger partial charge in [-0.15, -0.1) is 11.8 Å². The van der Waals surface area contributed by atoms with Crippen molar-refractivity contribution in [1.82, 2.24) is 5.16 Å². The predicted molar refractivity (Wildman–Crippen MR) is 92.4 cm³/mol. The molecule has 1 N–H and O–H groups in total. The first-order valence-electron chi connectivity index (χ1n) is 7.33. The SMILES string of the molecule is Cc1ccc(-c2cc(NC(=O)CSc3ccccc3F)on2)cc1. The second kappa shape index (κ2) is 7.31. The summed E-state index contributed by atoms with van der Waals surface area (Å²) in [6.45, 7) is 2.01. The Morgan fingerprint density at radius 3 is 2.71 bits per heavy atom. The summed E-state index contributed by atoms with van der Waals surface area (Å²) in [6.07, 6.45) is 0. The van der Waals surface area contributed by atoms with Crippen LogP contribution >= 0.6 is 11.8 Å². The van der Waals surface area contributed by atoms with E-state index >= 15 is 0 Å².